The maximum absolute atomic E-state index is 12.7. The highest BCUT2D eigenvalue weighted by Gasteiger charge is 2.40. The normalized spacial score (nSPS) is 11.8. The fraction of sp³-hybridized carbons (Fsp3) is 0.667. The van der Waals surface area contributed by atoms with Crippen LogP contribution in [0.4, 0.5) is 13.2 Å². The quantitative estimate of drug-likeness (QED) is 0.806. The molecule has 0 aliphatic rings. The zero-order chi connectivity index (χ0) is 13.1. The fourth-order valence-corrected chi connectivity index (χ4v) is 1.43. The van der Waals surface area contributed by atoms with E-state index in [1.807, 2.05) is 6.92 Å². The first kappa shape index (κ1) is 13.5. The Morgan fingerprint density at radius 2 is 2.06 bits per heavy atom. The molecule has 0 fully saturated rings. The maximum atomic E-state index is 12.7. The van der Waals surface area contributed by atoms with Crippen molar-refractivity contribution < 1.29 is 18.0 Å². The van der Waals surface area contributed by atoms with Gasteiger partial charge in [0.2, 0.25) is 0 Å². The van der Waals surface area contributed by atoms with E-state index < -0.39 is 23.5 Å². The van der Waals surface area contributed by atoms with Crippen LogP contribution in [-0.4, -0.2) is 20.9 Å². The van der Waals surface area contributed by atoms with Gasteiger partial charge in [0.25, 0.3) is 5.91 Å². The average Bonchev–Trinajstić information content (AvgIpc) is 2.61. The summed E-state index contributed by atoms with van der Waals surface area (Å²) in [5, 5.41) is 6.50. The summed E-state index contributed by atoms with van der Waals surface area (Å²) >= 11 is 0. The van der Waals surface area contributed by atoms with Gasteiger partial charge in [0.1, 0.15) is 0 Å². The Morgan fingerprint density at radius 1 is 1.41 bits per heavy atom. The highest BCUT2D eigenvalue weighted by molar-refractivity contribution is 5.91. The summed E-state index contributed by atoms with van der Waals surface area (Å²) in [5.74, 6) is -1.22. The van der Waals surface area contributed by atoms with Crippen LogP contribution < -0.4 is 5.73 Å². The lowest BCUT2D eigenvalue weighted by Crippen LogP contribution is -2.21. The molecular formula is C9H13F3N4O. The van der Waals surface area contributed by atoms with Gasteiger partial charge in [0.15, 0.2) is 11.4 Å². The van der Waals surface area contributed by atoms with Crippen molar-refractivity contribution in [2.75, 3.05) is 0 Å². The predicted molar refractivity (Wildman–Crippen MR) is 53.1 cm³/mol. The van der Waals surface area contributed by atoms with Crippen molar-refractivity contribution in [3.8, 4) is 0 Å². The van der Waals surface area contributed by atoms with Crippen molar-refractivity contribution in [1.82, 2.24) is 15.0 Å². The van der Waals surface area contributed by atoms with Gasteiger partial charge in [-0.3, -0.25) is 4.79 Å². The minimum absolute atomic E-state index is 0.0724. The molecule has 0 aromatic carbocycles. The molecular weight excluding hydrogens is 237 g/mol. The summed E-state index contributed by atoms with van der Waals surface area (Å²) in [4.78, 5) is 10.8. The van der Waals surface area contributed by atoms with E-state index in [1.165, 1.54) is 0 Å². The monoisotopic (exact) mass is 250 g/mol. The van der Waals surface area contributed by atoms with Crippen LogP contribution in [0.1, 0.15) is 42.4 Å². The van der Waals surface area contributed by atoms with E-state index in [-0.39, 0.29) is 6.54 Å². The highest BCUT2D eigenvalue weighted by Crippen LogP contribution is 2.31. The molecule has 0 unspecified atom stereocenters. The summed E-state index contributed by atoms with van der Waals surface area (Å²) in [6.07, 6.45) is -2.48. The van der Waals surface area contributed by atoms with E-state index in [1.54, 1.807) is 0 Å². The Balaban J connectivity index is 3.01. The summed E-state index contributed by atoms with van der Waals surface area (Å²) in [6, 6.07) is 0. The van der Waals surface area contributed by atoms with Crippen LogP contribution >= 0.6 is 0 Å². The molecule has 0 spiro atoms. The molecule has 0 saturated carbocycles. The molecule has 1 aromatic heterocycles. The number of carbonyl (C=O) groups excluding carboxylic acids is 1. The lowest BCUT2D eigenvalue weighted by Gasteiger charge is -2.09. The Labute approximate surface area is 95.8 Å². The van der Waals surface area contributed by atoms with Crippen molar-refractivity contribution >= 4 is 5.91 Å². The molecule has 5 nitrogen and oxygen atoms in total. The second kappa shape index (κ2) is 5.15. The Kier molecular flexibility index (Phi) is 4.08. The van der Waals surface area contributed by atoms with Crippen LogP contribution in [0.2, 0.25) is 0 Å². The number of unbranched alkanes of at least 4 members (excludes halogenated alkanes) is 2. The minimum Gasteiger partial charge on any atom is -0.364 e. The van der Waals surface area contributed by atoms with Crippen LogP contribution in [0, 0.1) is 0 Å². The number of rotatable bonds is 5. The molecule has 96 valence electrons. The first-order valence-corrected chi connectivity index (χ1v) is 5.18. The van der Waals surface area contributed by atoms with Crippen molar-refractivity contribution in [2.45, 2.75) is 38.9 Å². The molecule has 0 radical (unpaired) electrons. The van der Waals surface area contributed by atoms with Crippen LogP contribution in [0.25, 0.3) is 0 Å². The minimum atomic E-state index is -4.68. The molecule has 0 aliphatic carbocycles. The first-order chi connectivity index (χ1) is 7.88. The van der Waals surface area contributed by atoms with E-state index in [4.69, 9.17) is 5.73 Å². The van der Waals surface area contributed by atoms with Crippen molar-refractivity contribution in [2.24, 2.45) is 5.73 Å². The van der Waals surface area contributed by atoms with E-state index >= 15 is 0 Å². The number of nitrogens with two attached hydrogens (primary N) is 1. The number of aromatic nitrogens is 3. The number of hydrogen-bond donors (Lipinski definition) is 1. The molecule has 1 aromatic rings. The van der Waals surface area contributed by atoms with Gasteiger partial charge in [-0.2, -0.15) is 13.2 Å². The van der Waals surface area contributed by atoms with Crippen LogP contribution in [0.3, 0.4) is 0 Å². The highest BCUT2D eigenvalue weighted by atomic mass is 19.4. The molecule has 8 heteroatoms. The number of nitrogens with zero attached hydrogens (tertiary/aromatic N) is 3. The zero-order valence-corrected chi connectivity index (χ0v) is 9.29. The van der Waals surface area contributed by atoms with Gasteiger partial charge < -0.3 is 5.73 Å². The summed E-state index contributed by atoms with van der Waals surface area (Å²) in [7, 11) is 0. The van der Waals surface area contributed by atoms with E-state index in [9.17, 15) is 18.0 Å². The number of aryl methyl sites for hydroxylation is 1. The molecule has 17 heavy (non-hydrogen) atoms. The number of primary amides is 1. The van der Waals surface area contributed by atoms with Gasteiger partial charge in [0, 0.05) is 6.54 Å². The molecule has 0 saturated heterocycles. The predicted octanol–water partition coefficient (Wildman–Crippen LogP) is 1.59. The van der Waals surface area contributed by atoms with Crippen LogP contribution in [0.15, 0.2) is 0 Å². The largest absolute Gasteiger partial charge is 0.435 e. The third kappa shape index (κ3) is 3.18. The lowest BCUT2D eigenvalue weighted by atomic mass is 10.2. The van der Waals surface area contributed by atoms with Crippen LogP contribution in [0.5, 0.6) is 0 Å². The van der Waals surface area contributed by atoms with E-state index in [0.717, 1.165) is 12.8 Å². The number of hydrogen-bond acceptors (Lipinski definition) is 3. The second-order valence-corrected chi connectivity index (χ2v) is 3.58. The molecule has 0 atom stereocenters. The third-order valence-corrected chi connectivity index (χ3v) is 2.21. The van der Waals surface area contributed by atoms with Gasteiger partial charge >= 0.3 is 6.18 Å². The maximum Gasteiger partial charge on any atom is 0.435 e. The van der Waals surface area contributed by atoms with Crippen molar-refractivity contribution in [3.05, 3.63) is 11.4 Å². The average molecular weight is 250 g/mol. The standard InChI is InChI=1S/C9H13F3N4O/c1-2-3-4-5-16-7(9(10,11)12)6(8(13)17)14-15-16/h2-5H2,1H3,(H2,13,17). The first-order valence-electron chi connectivity index (χ1n) is 5.18. The topological polar surface area (TPSA) is 73.8 Å². The van der Waals surface area contributed by atoms with Gasteiger partial charge in [-0.25, -0.2) is 4.68 Å². The lowest BCUT2D eigenvalue weighted by molar-refractivity contribution is -0.144. The van der Waals surface area contributed by atoms with Gasteiger partial charge in [-0.1, -0.05) is 25.0 Å². The summed E-state index contributed by atoms with van der Waals surface area (Å²) in [5.41, 5.74) is 2.83. The number of amides is 1. The Morgan fingerprint density at radius 3 is 2.53 bits per heavy atom. The van der Waals surface area contributed by atoms with Gasteiger partial charge in [-0.05, 0) is 6.42 Å². The van der Waals surface area contributed by atoms with E-state index in [2.05, 4.69) is 10.3 Å². The second-order valence-electron chi connectivity index (χ2n) is 3.58. The molecule has 1 rings (SSSR count). The Hall–Kier alpha value is -1.60. The van der Waals surface area contributed by atoms with Gasteiger partial charge in [-0.15, -0.1) is 5.10 Å². The molecule has 1 amide bonds. The van der Waals surface area contributed by atoms with Crippen molar-refractivity contribution in [3.63, 3.8) is 0 Å². The molecule has 1 heterocycles. The SMILES string of the molecule is CCCCCn1nnc(C(N)=O)c1C(F)(F)F. The number of carbonyl (C=O) groups is 1. The fourth-order valence-electron chi connectivity index (χ4n) is 1.43. The molecule has 0 aliphatic heterocycles. The summed E-state index contributed by atoms with van der Waals surface area (Å²) in [6.45, 7) is 2.00. The smallest absolute Gasteiger partial charge is 0.364 e. The van der Waals surface area contributed by atoms with Gasteiger partial charge in [0.05, 0.1) is 0 Å². The van der Waals surface area contributed by atoms with Crippen LogP contribution in [-0.2, 0) is 12.7 Å². The van der Waals surface area contributed by atoms with E-state index in [0.29, 0.717) is 11.1 Å². The zero-order valence-electron chi connectivity index (χ0n) is 9.29. The van der Waals surface area contributed by atoms with Crippen molar-refractivity contribution in [1.29, 1.82) is 0 Å². The third-order valence-electron chi connectivity index (χ3n) is 2.21. The molecule has 0 bridgehead atoms. The summed E-state index contributed by atoms with van der Waals surface area (Å²) < 4.78 is 38.8. The molecule has 2 N–H and O–H groups in total. The number of halogens is 3. The Bertz CT molecular complexity index is 399. The number of alkyl halides is 3.